The Hall–Kier alpha value is -1.15. The van der Waals surface area contributed by atoms with Crippen molar-refractivity contribution in [3.8, 4) is 0 Å². The van der Waals surface area contributed by atoms with Gasteiger partial charge >= 0.3 is 0 Å². The molecule has 20 heavy (non-hydrogen) atoms. The predicted octanol–water partition coefficient (Wildman–Crippen LogP) is 3.90. The lowest BCUT2D eigenvalue weighted by Gasteiger charge is -2.45. The van der Waals surface area contributed by atoms with Crippen molar-refractivity contribution >= 4 is 5.78 Å². The zero-order chi connectivity index (χ0) is 13.8. The van der Waals surface area contributed by atoms with Gasteiger partial charge in [-0.15, -0.1) is 0 Å². The average Bonchev–Trinajstić information content (AvgIpc) is 2.78. The summed E-state index contributed by atoms with van der Waals surface area (Å²) in [5.74, 6) is 0.455. The predicted molar refractivity (Wildman–Crippen MR) is 81.6 cm³/mol. The Bertz CT molecular complexity index is 448. The maximum Gasteiger partial charge on any atom is 0.157 e. The molecule has 3 rings (SSSR count). The second-order valence-electron chi connectivity index (χ2n) is 6.26. The zero-order valence-electron chi connectivity index (χ0n) is 12.3. The fourth-order valence-electron chi connectivity index (χ4n) is 4.00. The highest BCUT2D eigenvalue weighted by Gasteiger charge is 2.45. The molecule has 2 aliphatic rings. The highest BCUT2D eigenvalue weighted by atomic mass is 16.1. The van der Waals surface area contributed by atoms with E-state index in [9.17, 15) is 4.79 Å². The maximum absolute atomic E-state index is 12.9. The summed E-state index contributed by atoms with van der Waals surface area (Å²) in [5, 5.41) is 0. The van der Waals surface area contributed by atoms with Gasteiger partial charge in [-0.25, -0.2) is 0 Å². The van der Waals surface area contributed by atoms with E-state index in [1.165, 1.54) is 37.7 Å². The van der Waals surface area contributed by atoms with Gasteiger partial charge in [0.05, 0.1) is 0 Å². The molecule has 2 nitrogen and oxygen atoms in total. The Morgan fingerprint density at radius 1 is 0.850 bits per heavy atom. The number of nitrogens with zero attached hydrogens (tertiary/aromatic N) is 1. The highest BCUT2D eigenvalue weighted by molar-refractivity contribution is 5.90. The minimum atomic E-state index is -0.316. The SMILES string of the molecule is O=C1CCCCC1(c1ccccc1)N1CCCCCC1. The van der Waals surface area contributed by atoms with Crippen molar-refractivity contribution in [2.24, 2.45) is 0 Å². The van der Waals surface area contributed by atoms with Crippen molar-refractivity contribution in [2.45, 2.75) is 56.9 Å². The summed E-state index contributed by atoms with van der Waals surface area (Å²) in [7, 11) is 0. The van der Waals surface area contributed by atoms with E-state index >= 15 is 0 Å². The van der Waals surface area contributed by atoms with Crippen molar-refractivity contribution in [3.05, 3.63) is 35.9 Å². The first-order chi connectivity index (χ1) is 9.84. The van der Waals surface area contributed by atoms with Gasteiger partial charge in [-0.2, -0.15) is 0 Å². The minimum Gasteiger partial charge on any atom is -0.297 e. The molecule has 1 heterocycles. The van der Waals surface area contributed by atoms with Crippen molar-refractivity contribution in [1.82, 2.24) is 4.90 Å². The molecular formula is C18H25NO. The molecule has 1 saturated carbocycles. The van der Waals surface area contributed by atoms with E-state index < -0.39 is 0 Å². The normalized spacial score (nSPS) is 29.1. The summed E-state index contributed by atoms with van der Waals surface area (Å²) < 4.78 is 0. The third-order valence-electron chi connectivity index (χ3n) is 5.05. The summed E-state index contributed by atoms with van der Waals surface area (Å²) >= 11 is 0. The van der Waals surface area contributed by atoms with Gasteiger partial charge in [-0.05, 0) is 44.3 Å². The van der Waals surface area contributed by atoms with Crippen LogP contribution in [0, 0.1) is 0 Å². The second-order valence-corrected chi connectivity index (χ2v) is 6.26. The van der Waals surface area contributed by atoms with Crippen LogP contribution in [0.4, 0.5) is 0 Å². The van der Waals surface area contributed by atoms with Crippen LogP contribution in [-0.4, -0.2) is 23.8 Å². The largest absolute Gasteiger partial charge is 0.297 e. The lowest BCUT2D eigenvalue weighted by molar-refractivity contribution is -0.135. The molecule has 1 saturated heterocycles. The van der Waals surface area contributed by atoms with Crippen molar-refractivity contribution in [1.29, 1.82) is 0 Å². The summed E-state index contributed by atoms with van der Waals surface area (Å²) in [4.78, 5) is 15.4. The van der Waals surface area contributed by atoms with E-state index in [-0.39, 0.29) is 5.54 Å². The number of carbonyl (C=O) groups is 1. The Labute approximate surface area is 122 Å². The topological polar surface area (TPSA) is 20.3 Å². The summed E-state index contributed by atoms with van der Waals surface area (Å²) in [6, 6.07) is 10.5. The molecule has 1 aliphatic carbocycles. The number of rotatable bonds is 2. The standard InChI is InChI=1S/C18H25NO/c20-17-12-6-7-13-18(17,16-10-4-3-5-11-16)19-14-8-1-2-9-15-19/h3-5,10-11H,1-2,6-9,12-15H2. The van der Waals surface area contributed by atoms with Gasteiger partial charge in [0.25, 0.3) is 0 Å². The van der Waals surface area contributed by atoms with E-state index in [0.717, 1.165) is 32.4 Å². The molecule has 0 radical (unpaired) electrons. The third-order valence-corrected chi connectivity index (χ3v) is 5.05. The maximum atomic E-state index is 12.9. The fourth-order valence-corrected chi connectivity index (χ4v) is 4.00. The number of hydrogen-bond acceptors (Lipinski definition) is 2. The smallest absolute Gasteiger partial charge is 0.157 e. The van der Waals surface area contributed by atoms with Gasteiger partial charge < -0.3 is 0 Å². The van der Waals surface area contributed by atoms with Crippen LogP contribution in [0.1, 0.15) is 56.9 Å². The number of benzene rings is 1. The van der Waals surface area contributed by atoms with Crippen LogP contribution < -0.4 is 0 Å². The van der Waals surface area contributed by atoms with Crippen LogP contribution in [0.3, 0.4) is 0 Å². The van der Waals surface area contributed by atoms with E-state index in [1.807, 2.05) is 6.07 Å². The summed E-state index contributed by atoms with van der Waals surface area (Å²) in [6.45, 7) is 2.17. The molecule has 1 aromatic rings. The zero-order valence-corrected chi connectivity index (χ0v) is 12.3. The molecule has 0 amide bonds. The summed E-state index contributed by atoms with van der Waals surface area (Å²) in [5.41, 5.74) is 0.913. The van der Waals surface area contributed by atoms with E-state index in [0.29, 0.717) is 5.78 Å². The lowest BCUT2D eigenvalue weighted by atomic mass is 9.74. The first-order valence-corrected chi connectivity index (χ1v) is 8.18. The van der Waals surface area contributed by atoms with E-state index in [1.54, 1.807) is 0 Å². The molecule has 0 N–H and O–H groups in total. The van der Waals surface area contributed by atoms with Crippen LogP contribution in [0.2, 0.25) is 0 Å². The molecule has 1 unspecified atom stereocenters. The van der Waals surface area contributed by atoms with Crippen LogP contribution in [-0.2, 0) is 10.3 Å². The number of likely N-dealkylation sites (tertiary alicyclic amines) is 1. The first-order valence-electron chi connectivity index (χ1n) is 8.18. The fraction of sp³-hybridized carbons (Fsp3) is 0.611. The third kappa shape index (κ3) is 2.42. The molecule has 2 heteroatoms. The monoisotopic (exact) mass is 271 g/mol. The molecule has 1 atom stereocenters. The highest BCUT2D eigenvalue weighted by Crippen LogP contribution is 2.40. The Balaban J connectivity index is 2.00. The molecular weight excluding hydrogens is 246 g/mol. The van der Waals surface area contributed by atoms with Gasteiger partial charge in [0.2, 0.25) is 0 Å². The van der Waals surface area contributed by atoms with Crippen LogP contribution >= 0.6 is 0 Å². The molecule has 108 valence electrons. The number of carbonyl (C=O) groups excluding carboxylic acids is 1. The molecule has 0 bridgehead atoms. The van der Waals surface area contributed by atoms with Gasteiger partial charge in [-0.1, -0.05) is 49.6 Å². The minimum absolute atomic E-state index is 0.316. The number of ketones is 1. The molecule has 1 aromatic carbocycles. The summed E-state index contributed by atoms with van der Waals surface area (Å²) in [6.07, 6.45) is 9.12. The van der Waals surface area contributed by atoms with E-state index in [4.69, 9.17) is 0 Å². The van der Waals surface area contributed by atoms with Gasteiger partial charge in [0.1, 0.15) is 5.54 Å². The molecule has 0 aromatic heterocycles. The number of Topliss-reactive ketones (excluding diaryl/α,β-unsaturated/α-hetero) is 1. The quantitative estimate of drug-likeness (QED) is 0.813. The second kappa shape index (κ2) is 6.09. The van der Waals surface area contributed by atoms with Crippen molar-refractivity contribution < 1.29 is 4.79 Å². The van der Waals surface area contributed by atoms with Gasteiger partial charge in [-0.3, -0.25) is 9.69 Å². The number of hydrogen-bond donors (Lipinski definition) is 0. The van der Waals surface area contributed by atoms with Gasteiger partial charge in [0, 0.05) is 6.42 Å². The molecule has 0 spiro atoms. The molecule has 2 fully saturated rings. The first kappa shape index (κ1) is 13.8. The van der Waals surface area contributed by atoms with Crippen LogP contribution in [0.25, 0.3) is 0 Å². The Morgan fingerprint density at radius 3 is 2.20 bits per heavy atom. The molecule has 1 aliphatic heterocycles. The Morgan fingerprint density at radius 2 is 1.55 bits per heavy atom. The van der Waals surface area contributed by atoms with Crippen LogP contribution in [0.15, 0.2) is 30.3 Å². The lowest BCUT2D eigenvalue weighted by Crippen LogP contribution is -2.53. The van der Waals surface area contributed by atoms with Gasteiger partial charge in [0.15, 0.2) is 5.78 Å². The van der Waals surface area contributed by atoms with Crippen LogP contribution in [0.5, 0.6) is 0 Å². The van der Waals surface area contributed by atoms with E-state index in [2.05, 4.69) is 29.2 Å². The van der Waals surface area contributed by atoms with Crippen molar-refractivity contribution in [3.63, 3.8) is 0 Å². The Kier molecular flexibility index (Phi) is 4.21. The average molecular weight is 271 g/mol. The van der Waals surface area contributed by atoms with Crippen molar-refractivity contribution in [2.75, 3.05) is 13.1 Å².